The minimum atomic E-state index is -0.0245. The molecular formula is C13H21NO2. The molecule has 0 heterocycles. The third kappa shape index (κ3) is 3.51. The molecule has 3 N–H and O–H groups in total. The van der Waals surface area contributed by atoms with Gasteiger partial charge in [0.15, 0.2) is 0 Å². The topological polar surface area (TPSA) is 55.5 Å². The van der Waals surface area contributed by atoms with Gasteiger partial charge in [0, 0.05) is 6.61 Å². The first-order valence-electron chi connectivity index (χ1n) is 5.57. The zero-order chi connectivity index (χ0) is 12.0. The van der Waals surface area contributed by atoms with Crippen molar-refractivity contribution in [1.29, 1.82) is 0 Å². The first-order chi connectivity index (χ1) is 7.63. The molecule has 1 atom stereocenters. The summed E-state index contributed by atoms with van der Waals surface area (Å²) in [4.78, 5) is 0. The summed E-state index contributed by atoms with van der Waals surface area (Å²) in [5.74, 6) is 0.861. The van der Waals surface area contributed by atoms with E-state index in [4.69, 9.17) is 15.6 Å². The van der Waals surface area contributed by atoms with Crippen LogP contribution in [0.15, 0.2) is 24.3 Å². The summed E-state index contributed by atoms with van der Waals surface area (Å²) in [6.07, 6.45) is 1.61. The molecule has 1 rings (SSSR count). The van der Waals surface area contributed by atoms with Crippen molar-refractivity contribution >= 4 is 0 Å². The van der Waals surface area contributed by atoms with E-state index in [2.05, 4.69) is 6.92 Å². The lowest BCUT2D eigenvalue weighted by Gasteiger charge is -2.27. The molecule has 0 fully saturated rings. The molecule has 0 aliphatic carbocycles. The molecule has 0 aliphatic heterocycles. The Morgan fingerprint density at radius 1 is 1.31 bits per heavy atom. The van der Waals surface area contributed by atoms with Gasteiger partial charge in [0.25, 0.3) is 0 Å². The minimum Gasteiger partial charge on any atom is -0.497 e. The molecule has 3 nitrogen and oxygen atoms in total. The first kappa shape index (κ1) is 13.0. The average Bonchev–Trinajstić information content (AvgIpc) is 2.30. The van der Waals surface area contributed by atoms with Gasteiger partial charge in [-0.2, -0.15) is 0 Å². The Kier molecular flexibility index (Phi) is 4.77. The van der Waals surface area contributed by atoms with Crippen LogP contribution in [-0.2, 0) is 6.42 Å². The Balaban J connectivity index is 2.70. The monoisotopic (exact) mass is 223 g/mol. The second-order valence-corrected chi connectivity index (χ2v) is 4.51. The Hall–Kier alpha value is -1.06. The molecule has 1 unspecified atom stereocenters. The smallest absolute Gasteiger partial charge is 0.118 e. The molecule has 16 heavy (non-hydrogen) atoms. The first-order valence-corrected chi connectivity index (χ1v) is 5.57. The Bertz CT molecular complexity index is 310. The highest BCUT2D eigenvalue weighted by Crippen LogP contribution is 2.26. The Morgan fingerprint density at radius 2 is 1.94 bits per heavy atom. The van der Waals surface area contributed by atoms with Gasteiger partial charge >= 0.3 is 0 Å². The number of rotatable bonds is 6. The van der Waals surface area contributed by atoms with Crippen LogP contribution in [0.2, 0.25) is 0 Å². The molecule has 0 saturated carbocycles. The number of hydrogen-bond donors (Lipinski definition) is 2. The van der Waals surface area contributed by atoms with E-state index < -0.39 is 0 Å². The van der Waals surface area contributed by atoms with Gasteiger partial charge in [-0.15, -0.1) is 0 Å². The van der Waals surface area contributed by atoms with Gasteiger partial charge in [-0.1, -0.05) is 19.1 Å². The minimum absolute atomic E-state index is 0.0245. The highest BCUT2D eigenvalue weighted by atomic mass is 16.5. The second-order valence-electron chi connectivity index (χ2n) is 4.51. The van der Waals surface area contributed by atoms with Gasteiger partial charge in [0.1, 0.15) is 5.75 Å². The molecule has 1 aromatic rings. The third-order valence-electron chi connectivity index (χ3n) is 3.00. The van der Waals surface area contributed by atoms with Gasteiger partial charge in [0.05, 0.1) is 7.11 Å². The van der Waals surface area contributed by atoms with E-state index in [1.165, 1.54) is 5.56 Å². The SMILES string of the molecule is COc1ccc(CC(C)(CN)CCO)cc1. The normalized spacial score (nSPS) is 14.5. The zero-order valence-electron chi connectivity index (χ0n) is 10.1. The molecule has 3 heteroatoms. The van der Waals surface area contributed by atoms with Crippen LogP contribution in [0.3, 0.4) is 0 Å². The summed E-state index contributed by atoms with van der Waals surface area (Å²) in [5, 5.41) is 9.02. The summed E-state index contributed by atoms with van der Waals surface area (Å²) >= 11 is 0. The maximum Gasteiger partial charge on any atom is 0.118 e. The quantitative estimate of drug-likeness (QED) is 0.770. The lowest BCUT2D eigenvalue weighted by molar-refractivity contribution is 0.201. The van der Waals surface area contributed by atoms with Crippen molar-refractivity contribution in [3.05, 3.63) is 29.8 Å². The molecule has 0 radical (unpaired) electrons. The lowest BCUT2D eigenvalue weighted by Crippen LogP contribution is -2.30. The predicted octanol–water partition coefficient (Wildman–Crippen LogP) is 1.59. The van der Waals surface area contributed by atoms with E-state index >= 15 is 0 Å². The zero-order valence-corrected chi connectivity index (χ0v) is 10.1. The van der Waals surface area contributed by atoms with E-state index in [-0.39, 0.29) is 12.0 Å². The fourth-order valence-electron chi connectivity index (χ4n) is 1.77. The average molecular weight is 223 g/mol. The van der Waals surface area contributed by atoms with E-state index in [0.717, 1.165) is 18.6 Å². The van der Waals surface area contributed by atoms with E-state index in [9.17, 15) is 0 Å². The highest BCUT2D eigenvalue weighted by Gasteiger charge is 2.22. The molecule has 90 valence electrons. The number of aliphatic hydroxyl groups is 1. The van der Waals surface area contributed by atoms with Gasteiger partial charge in [-0.3, -0.25) is 0 Å². The molecule has 0 aromatic heterocycles. The van der Waals surface area contributed by atoms with Gasteiger partial charge < -0.3 is 15.6 Å². The maximum absolute atomic E-state index is 9.02. The summed E-state index contributed by atoms with van der Waals surface area (Å²) in [6, 6.07) is 7.99. The number of methoxy groups -OCH3 is 1. The number of aliphatic hydroxyl groups excluding tert-OH is 1. The molecule has 0 spiro atoms. The fraction of sp³-hybridized carbons (Fsp3) is 0.538. The molecular weight excluding hydrogens is 202 g/mol. The van der Waals surface area contributed by atoms with Gasteiger partial charge in [-0.05, 0) is 42.5 Å². The molecule has 0 saturated heterocycles. The van der Waals surface area contributed by atoms with E-state index in [0.29, 0.717) is 6.54 Å². The Labute approximate surface area is 97.2 Å². The maximum atomic E-state index is 9.02. The van der Waals surface area contributed by atoms with Crippen molar-refractivity contribution in [1.82, 2.24) is 0 Å². The number of hydrogen-bond acceptors (Lipinski definition) is 3. The van der Waals surface area contributed by atoms with Crippen LogP contribution in [0.4, 0.5) is 0 Å². The lowest BCUT2D eigenvalue weighted by atomic mass is 9.81. The third-order valence-corrected chi connectivity index (χ3v) is 3.00. The van der Waals surface area contributed by atoms with Crippen molar-refractivity contribution < 1.29 is 9.84 Å². The van der Waals surface area contributed by atoms with Crippen LogP contribution in [0, 0.1) is 5.41 Å². The molecule has 0 bridgehead atoms. The van der Waals surface area contributed by atoms with E-state index in [1.54, 1.807) is 7.11 Å². The van der Waals surface area contributed by atoms with Crippen LogP contribution in [0.25, 0.3) is 0 Å². The van der Waals surface area contributed by atoms with Crippen molar-refractivity contribution in [2.45, 2.75) is 19.8 Å². The van der Waals surface area contributed by atoms with Gasteiger partial charge in [0.2, 0.25) is 0 Å². The highest BCUT2D eigenvalue weighted by molar-refractivity contribution is 5.27. The standard InChI is InChI=1S/C13H21NO2/c1-13(10-14,7-8-15)9-11-3-5-12(16-2)6-4-11/h3-6,15H,7-10,14H2,1-2H3. The molecule has 1 aromatic carbocycles. The Morgan fingerprint density at radius 3 is 2.38 bits per heavy atom. The predicted molar refractivity (Wildman–Crippen MR) is 65.6 cm³/mol. The van der Waals surface area contributed by atoms with Gasteiger partial charge in [-0.25, -0.2) is 0 Å². The number of nitrogens with two attached hydrogens (primary N) is 1. The summed E-state index contributed by atoms with van der Waals surface area (Å²) < 4.78 is 5.11. The van der Waals surface area contributed by atoms with Crippen LogP contribution in [0.5, 0.6) is 5.75 Å². The van der Waals surface area contributed by atoms with Crippen LogP contribution in [0.1, 0.15) is 18.9 Å². The number of ether oxygens (including phenoxy) is 1. The summed E-state index contributed by atoms with van der Waals surface area (Å²) in [6.45, 7) is 2.87. The van der Waals surface area contributed by atoms with Crippen molar-refractivity contribution in [3.8, 4) is 5.75 Å². The number of benzene rings is 1. The van der Waals surface area contributed by atoms with Crippen LogP contribution < -0.4 is 10.5 Å². The van der Waals surface area contributed by atoms with Crippen LogP contribution >= 0.6 is 0 Å². The van der Waals surface area contributed by atoms with Crippen molar-refractivity contribution in [3.63, 3.8) is 0 Å². The van der Waals surface area contributed by atoms with Crippen LogP contribution in [-0.4, -0.2) is 25.4 Å². The second kappa shape index (κ2) is 5.87. The largest absolute Gasteiger partial charge is 0.497 e. The van der Waals surface area contributed by atoms with E-state index in [1.807, 2.05) is 24.3 Å². The molecule has 0 amide bonds. The van der Waals surface area contributed by atoms with Crippen molar-refractivity contribution in [2.75, 3.05) is 20.3 Å². The van der Waals surface area contributed by atoms with Crippen molar-refractivity contribution in [2.24, 2.45) is 11.1 Å². The fourth-order valence-corrected chi connectivity index (χ4v) is 1.77. The summed E-state index contributed by atoms with van der Waals surface area (Å²) in [7, 11) is 1.66. The molecule has 0 aliphatic rings. The summed E-state index contributed by atoms with van der Waals surface area (Å²) in [5.41, 5.74) is 6.96.